The summed E-state index contributed by atoms with van der Waals surface area (Å²) in [5.41, 5.74) is 7.57. The zero-order chi connectivity index (χ0) is 48.0. The Kier molecular flexibility index (Phi) is 15.3. The number of thioether (sulfide) groups is 1. The molecule has 2 aliphatic heterocycles. The summed E-state index contributed by atoms with van der Waals surface area (Å²) in [5.74, 6) is 0.583. The number of sulfonamides is 1. The van der Waals surface area contributed by atoms with Crippen LogP contribution >= 0.6 is 23.4 Å². The average molecular weight is 983 g/mol. The van der Waals surface area contributed by atoms with Crippen molar-refractivity contribution < 1.29 is 26.7 Å². The largest absolute Gasteiger partial charge is 0.393 e. The minimum atomic E-state index is -4.58. The molecule has 356 valence electrons. The molecule has 5 aromatic carbocycles. The van der Waals surface area contributed by atoms with E-state index in [2.05, 4.69) is 47.5 Å². The van der Waals surface area contributed by atoms with E-state index in [9.17, 15) is 32.0 Å². The number of alkyl halides is 3. The predicted octanol–water partition coefficient (Wildman–Crippen LogP) is 10.8. The lowest BCUT2D eigenvalue weighted by Crippen LogP contribution is -2.46. The van der Waals surface area contributed by atoms with E-state index in [1.54, 1.807) is 23.9 Å². The molecule has 0 aliphatic carbocycles. The van der Waals surface area contributed by atoms with E-state index in [1.807, 2.05) is 92.8 Å². The molecule has 8 rings (SSSR count). The zero-order valence-electron chi connectivity index (χ0n) is 38.0. The normalized spacial score (nSPS) is 15.6. The Morgan fingerprint density at radius 1 is 0.838 bits per heavy atom. The Balaban J connectivity index is 0.928. The quantitative estimate of drug-likeness (QED) is 0.0815. The van der Waals surface area contributed by atoms with Gasteiger partial charge in [-0.2, -0.15) is 18.4 Å². The van der Waals surface area contributed by atoms with Crippen molar-refractivity contribution in [3.8, 4) is 28.5 Å². The lowest BCUT2D eigenvalue weighted by Gasteiger charge is -2.37. The summed E-state index contributed by atoms with van der Waals surface area (Å²) in [6.45, 7) is 7.03. The Labute approximate surface area is 406 Å². The molecule has 2 fully saturated rings. The first kappa shape index (κ1) is 48.8. The zero-order valence-corrected chi connectivity index (χ0v) is 40.4. The first-order chi connectivity index (χ1) is 32.6. The third kappa shape index (κ3) is 12.0. The van der Waals surface area contributed by atoms with Crippen molar-refractivity contribution >= 4 is 56.1 Å². The molecular formula is C52H55ClF3N7O3S2. The number of hydrogen-bond acceptors (Lipinski definition) is 9. The molecule has 68 heavy (non-hydrogen) atoms. The van der Waals surface area contributed by atoms with Crippen molar-refractivity contribution in [1.82, 2.24) is 9.47 Å². The summed E-state index contributed by atoms with van der Waals surface area (Å²) in [6, 6.07) is 38.9. The number of aliphatic hydroxyl groups is 1. The Hall–Kier alpha value is -5.63. The summed E-state index contributed by atoms with van der Waals surface area (Å²) in [7, 11) is -2.29. The van der Waals surface area contributed by atoms with Gasteiger partial charge < -0.3 is 29.7 Å². The van der Waals surface area contributed by atoms with Crippen molar-refractivity contribution in [3.05, 3.63) is 143 Å². The van der Waals surface area contributed by atoms with Gasteiger partial charge in [0, 0.05) is 109 Å². The Morgan fingerprint density at radius 3 is 2.18 bits per heavy atom. The highest BCUT2D eigenvalue weighted by Crippen LogP contribution is 2.40. The van der Waals surface area contributed by atoms with Crippen LogP contribution in [0.3, 0.4) is 0 Å². The van der Waals surface area contributed by atoms with Crippen LogP contribution in [-0.4, -0.2) is 92.9 Å². The number of nitrogens with one attached hydrogen (secondary N) is 2. The standard InChI is InChI=1S/C52H55ClF3N7O3S2/c1-36-48(34-57)50(51(60(36)2)37-11-13-40(53)14-12-37)38-7-6-8-44(31-38)63-29-27-62(28-30-63)43-17-15-41(16-18-43)59-68(65,66)47-19-20-49(39(32-47)33-52(54,55)56)58-42(35-67-46-9-4-3-5-10-46)21-24-61-25-22-45(64)23-26-61/h3-20,31-32,42,45,58-59,64H,21-30,33,35H2,1-2H3/t42-/m1/s1. The molecule has 10 nitrogen and oxygen atoms in total. The molecule has 1 aromatic heterocycles. The summed E-state index contributed by atoms with van der Waals surface area (Å²) in [4.78, 5) is 7.58. The minimum absolute atomic E-state index is 0.151. The molecule has 16 heteroatoms. The molecular weight excluding hydrogens is 927 g/mol. The van der Waals surface area contributed by atoms with Crippen molar-refractivity contribution in [1.29, 1.82) is 5.26 Å². The Morgan fingerprint density at radius 2 is 1.51 bits per heavy atom. The number of likely N-dealkylation sites (tertiary alicyclic amines) is 1. The topological polar surface area (TPSA) is 117 Å². The first-order valence-electron chi connectivity index (χ1n) is 22.8. The number of rotatable bonds is 16. The number of nitrogens with zero attached hydrogens (tertiary/aromatic N) is 5. The first-order valence-corrected chi connectivity index (χ1v) is 25.6. The monoisotopic (exact) mass is 981 g/mol. The van der Waals surface area contributed by atoms with Gasteiger partial charge in [-0.15, -0.1) is 11.8 Å². The number of aliphatic hydroxyl groups excluding tert-OH is 1. The number of halogens is 4. The van der Waals surface area contributed by atoms with Gasteiger partial charge in [-0.25, -0.2) is 8.42 Å². The van der Waals surface area contributed by atoms with Gasteiger partial charge in [-0.1, -0.05) is 54.1 Å². The molecule has 2 aliphatic rings. The summed E-state index contributed by atoms with van der Waals surface area (Å²) in [5, 5.41) is 24.2. The number of piperazine rings is 1. The fraction of sp³-hybridized carbons (Fsp3) is 0.327. The number of anilines is 4. The lowest BCUT2D eigenvalue weighted by molar-refractivity contribution is -0.127. The van der Waals surface area contributed by atoms with Crippen LogP contribution in [0.15, 0.2) is 131 Å². The van der Waals surface area contributed by atoms with Crippen molar-refractivity contribution in [3.63, 3.8) is 0 Å². The van der Waals surface area contributed by atoms with Crippen LogP contribution in [-0.2, 0) is 23.5 Å². The second-order valence-electron chi connectivity index (χ2n) is 17.5. The highest BCUT2D eigenvalue weighted by Gasteiger charge is 2.31. The van der Waals surface area contributed by atoms with E-state index in [0.717, 1.165) is 76.6 Å². The van der Waals surface area contributed by atoms with Crippen LogP contribution in [0.5, 0.6) is 0 Å². The smallest absolute Gasteiger partial charge is 0.393 e. The van der Waals surface area contributed by atoms with Gasteiger partial charge in [0.1, 0.15) is 6.07 Å². The number of aromatic nitrogens is 1. The molecule has 3 N–H and O–H groups in total. The second kappa shape index (κ2) is 21.3. The molecule has 0 radical (unpaired) electrons. The maximum atomic E-state index is 14.1. The van der Waals surface area contributed by atoms with Crippen LogP contribution in [0, 0.1) is 18.3 Å². The molecule has 0 amide bonds. The molecule has 3 heterocycles. The molecule has 0 spiro atoms. The SMILES string of the molecule is Cc1c(C#N)c(-c2cccc(N3CCN(c4ccc(NS(=O)(=O)c5ccc(N[C@H](CCN6CCC(O)CC6)CSc6ccccc6)c(CC(F)(F)F)c5)cc4)CC3)c2)c(-c2ccc(Cl)cc2)n1C. The lowest BCUT2D eigenvalue weighted by atomic mass is 9.97. The van der Waals surface area contributed by atoms with E-state index >= 15 is 0 Å². The van der Waals surface area contributed by atoms with Crippen LogP contribution in [0.2, 0.25) is 5.02 Å². The van der Waals surface area contributed by atoms with E-state index < -0.39 is 22.6 Å². The van der Waals surface area contributed by atoms with E-state index in [1.165, 1.54) is 12.1 Å². The van der Waals surface area contributed by atoms with Crippen molar-refractivity contribution in [2.24, 2.45) is 7.05 Å². The summed E-state index contributed by atoms with van der Waals surface area (Å²) >= 11 is 7.82. The highest BCUT2D eigenvalue weighted by atomic mass is 35.5. The van der Waals surface area contributed by atoms with Crippen LogP contribution < -0.4 is 19.8 Å². The van der Waals surface area contributed by atoms with E-state index in [-0.39, 0.29) is 34.0 Å². The maximum Gasteiger partial charge on any atom is 0.393 e. The fourth-order valence-corrected chi connectivity index (χ4v) is 11.3. The third-order valence-electron chi connectivity index (χ3n) is 12.9. The molecule has 6 aromatic rings. The van der Waals surface area contributed by atoms with E-state index in [4.69, 9.17) is 11.6 Å². The van der Waals surface area contributed by atoms with Gasteiger partial charge in [-0.05, 0) is 122 Å². The molecule has 1 atom stereocenters. The van der Waals surface area contributed by atoms with Crippen molar-refractivity contribution in [2.75, 3.05) is 71.4 Å². The molecule has 0 bridgehead atoms. The molecule has 0 saturated carbocycles. The predicted molar refractivity (Wildman–Crippen MR) is 269 cm³/mol. The van der Waals surface area contributed by atoms with Gasteiger partial charge >= 0.3 is 6.18 Å². The summed E-state index contributed by atoms with van der Waals surface area (Å²) < 4.78 is 74.4. The number of hydrogen-bond donors (Lipinski definition) is 3. The maximum absolute atomic E-state index is 14.1. The molecule has 0 unspecified atom stereocenters. The van der Waals surface area contributed by atoms with Gasteiger partial charge in [-0.3, -0.25) is 4.72 Å². The van der Waals surface area contributed by atoms with Crippen molar-refractivity contribution in [2.45, 2.75) is 60.7 Å². The molecule has 2 saturated heterocycles. The fourth-order valence-electron chi connectivity index (χ4n) is 9.05. The third-order valence-corrected chi connectivity index (χ3v) is 15.7. The summed E-state index contributed by atoms with van der Waals surface area (Å²) in [6.07, 6.45) is -4.16. The van der Waals surface area contributed by atoms with Crippen LogP contribution in [0.4, 0.5) is 35.9 Å². The van der Waals surface area contributed by atoms with Gasteiger partial charge in [0.15, 0.2) is 0 Å². The van der Waals surface area contributed by atoms with Gasteiger partial charge in [0.05, 0.1) is 28.7 Å². The second-order valence-corrected chi connectivity index (χ2v) is 20.7. The van der Waals surface area contributed by atoms with Gasteiger partial charge in [0.25, 0.3) is 10.0 Å². The van der Waals surface area contributed by atoms with Crippen LogP contribution in [0.25, 0.3) is 22.4 Å². The minimum Gasteiger partial charge on any atom is -0.393 e. The highest BCUT2D eigenvalue weighted by molar-refractivity contribution is 7.99. The Bertz CT molecular complexity index is 2820. The average Bonchev–Trinajstić information content (AvgIpc) is 3.59. The number of nitriles is 1. The van der Waals surface area contributed by atoms with E-state index in [0.29, 0.717) is 55.2 Å². The number of piperidine rings is 1. The van der Waals surface area contributed by atoms with Crippen LogP contribution in [0.1, 0.15) is 36.1 Å². The number of benzene rings is 5. The van der Waals surface area contributed by atoms with Gasteiger partial charge in [0.2, 0.25) is 0 Å².